The Balaban J connectivity index is 1.68. The second-order valence-electron chi connectivity index (χ2n) is 6.31. The molecule has 1 aliphatic rings. The van der Waals surface area contributed by atoms with Crippen LogP contribution in [0.15, 0.2) is 41.4 Å². The molecule has 9 nitrogen and oxygen atoms in total. The Kier molecular flexibility index (Phi) is 5.28. The first-order chi connectivity index (χ1) is 14.0. The van der Waals surface area contributed by atoms with E-state index in [1.807, 2.05) is 0 Å². The summed E-state index contributed by atoms with van der Waals surface area (Å²) in [4.78, 5) is 28.0. The van der Waals surface area contributed by atoms with E-state index in [0.29, 0.717) is 35.0 Å². The van der Waals surface area contributed by atoms with Crippen LogP contribution in [-0.4, -0.2) is 35.9 Å². The Morgan fingerprint density at radius 3 is 2.90 bits per heavy atom. The number of carbonyl (C=O) groups is 1. The number of carbonyl (C=O) groups excluding carboxylic acids is 1. The van der Waals surface area contributed by atoms with Gasteiger partial charge in [0, 0.05) is 25.8 Å². The van der Waals surface area contributed by atoms with Crippen LogP contribution >= 0.6 is 11.3 Å². The van der Waals surface area contributed by atoms with Crippen LogP contribution in [0, 0.1) is 10.1 Å². The number of amides is 1. The van der Waals surface area contributed by atoms with E-state index in [1.54, 1.807) is 35.9 Å². The highest BCUT2D eigenvalue weighted by molar-refractivity contribution is 7.16. The predicted molar refractivity (Wildman–Crippen MR) is 105 cm³/mol. The zero-order valence-electron chi connectivity index (χ0n) is 15.5. The molecule has 0 N–H and O–H groups in total. The largest absolute Gasteiger partial charge is 0.454 e. The number of fused-ring (bicyclic) bond motifs is 2. The van der Waals surface area contributed by atoms with Gasteiger partial charge in [0.2, 0.25) is 6.79 Å². The highest BCUT2D eigenvalue weighted by Gasteiger charge is 2.16. The highest BCUT2D eigenvalue weighted by atomic mass is 32.1. The van der Waals surface area contributed by atoms with Gasteiger partial charge in [0.05, 0.1) is 28.2 Å². The molecule has 0 spiro atoms. The molecule has 29 heavy (non-hydrogen) atoms. The SMILES string of the molecule is COCCn1c(=NC(=O)Cc2ccc3c(c2)OCO3)sc2ccc([N+](=O)[O-])cc21. The van der Waals surface area contributed by atoms with E-state index in [1.165, 1.54) is 23.5 Å². The van der Waals surface area contributed by atoms with E-state index < -0.39 is 4.92 Å². The molecular weight excluding hydrogens is 398 g/mol. The maximum Gasteiger partial charge on any atom is 0.271 e. The van der Waals surface area contributed by atoms with Gasteiger partial charge in [-0.25, -0.2) is 0 Å². The third-order valence-electron chi connectivity index (χ3n) is 4.41. The maximum absolute atomic E-state index is 12.6. The summed E-state index contributed by atoms with van der Waals surface area (Å²) in [6.45, 7) is 0.983. The molecule has 1 aliphatic heterocycles. The zero-order chi connectivity index (χ0) is 20.4. The number of aromatic nitrogens is 1. The molecule has 0 bridgehead atoms. The summed E-state index contributed by atoms with van der Waals surface area (Å²) in [6.07, 6.45) is 0.106. The molecule has 10 heteroatoms. The Morgan fingerprint density at radius 2 is 2.10 bits per heavy atom. The first kappa shape index (κ1) is 19.1. The van der Waals surface area contributed by atoms with Gasteiger partial charge in [-0.3, -0.25) is 14.9 Å². The number of hydrogen-bond donors (Lipinski definition) is 0. The van der Waals surface area contributed by atoms with Crippen molar-refractivity contribution in [1.82, 2.24) is 4.57 Å². The van der Waals surface area contributed by atoms with E-state index in [9.17, 15) is 14.9 Å². The average molecular weight is 415 g/mol. The Bertz CT molecular complexity index is 1170. The molecule has 0 fully saturated rings. The first-order valence-corrected chi connectivity index (χ1v) is 9.59. The highest BCUT2D eigenvalue weighted by Crippen LogP contribution is 2.32. The summed E-state index contributed by atoms with van der Waals surface area (Å²) in [7, 11) is 1.57. The molecule has 2 aromatic carbocycles. The van der Waals surface area contributed by atoms with Crippen molar-refractivity contribution in [1.29, 1.82) is 0 Å². The molecule has 0 radical (unpaired) electrons. The fourth-order valence-electron chi connectivity index (χ4n) is 3.03. The number of thiazole rings is 1. The fraction of sp³-hybridized carbons (Fsp3) is 0.263. The van der Waals surface area contributed by atoms with Crippen molar-refractivity contribution in [2.45, 2.75) is 13.0 Å². The summed E-state index contributed by atoms with van der Waals surface area (Å²) < 4.78 is 18.3. The van der Waals surface area contributed by atoms with Crippen molar-refractivity contribution in [2.24, 2.45) is 4.99 Å². The minimum atomic E-state index is -0.445. The summed E-state index contributed by atoms with van der Waals surface area (Å²) in [6, 6.07) is 9.93. The number of non-ortho nitro benzene ring substituents is 1. The summed E-state index contributed by atoms with van der Waals surface area (Å²) in [5, 5.41) is 11.1. The van der Waals surface area contributed by atoms with E-state index >= 15 is 0 Å². The third kappa shape index (κ3) is 3.98. The Hall–Kier alpha value is -3.24. The van der Waals surface area contributed by atoms with Crippen molar-refractivity contribution in [3.05, 3.63) is 56.9 Å². The monoisotopic (exact) mass is 415 g/mol. The molecule has 0 unspecified atom stereocenters. The van der Waals surface area contributed by atoms with Crippen molar-refractivity contribution in [3.63, 3.8) is 0 Å². The number of nitrogens with zero attached hydrogens (tertiary/aromatic N) is 3. The molecule has 1 aromatic heterocycles. The van der Waals surface area contributed by atoms with E-state index in [2.05, 4.69) is 4.99 Å². The number of hydrogen-bond acceptors (Lipinski definition) is 7. The Labute approximate surface area is 168 Å². The van der Waals surface area contributed by atoms with Crippen LogP contribution in [0.5, 0.6) is 11.5 Å². The molecule has 2 heterocycles. The molecule has 3 aromatic rings. The number of benzene rings is 2. The van der Waals surface area contributed by atoms with Crippen LogP contribution in [0.25, 0.3) is 10.2 Å². The minimum absolute atomic E-state index is 0.0142. The molecule has 0 saturated carbocycles. The van der Waals surface area contributed by atoms with Crippen LogP contribution in [-0.2, 0) is 22.5 Å². The normalized spacial score (nSPS) is 13.2. The van der Waals surface area contributed by atoms with Gasteiger partial charge in [0.15, 0.2) is 16.3 Å². The lowest BCUT2D eigenvalue weighted by Crippen LogP contribution is -2.19. The van der Waals surface area contributed by atoms with Crippen molar-refractivity contribution in [2.75, 3.05) is 20.5 Å². The van der Waals surface area contributed by atoms with Gasteiger partial charge >= 0.3 is 0 Å². The standard InChI is InChI=1S/C19H17N3O6S/c1-26-7-6-21-14-10-13(22(24)25)3-5-17(14)29-19(21)20-18(23)9-12-2-4-15-16(8-12)28-11-27-15/h2-5,8,10H,6-7,9,11H2,1H3. The zero-order valence-corrected chi connectivity index (χ0v) is 16.3. The van der Waals surface area contributed by atoms with Crippen molar-refractivity contribution < 1.29 is 23.9 Å². The van der Waals surface area contributed by atoms with Crippen LogP contribution in [0.2, 0.25) is 0 Å². The molecule has 4 rings (SSSR count). The molecule has 0 atom stereocenters. The topological polar surface area (TPSA) is 105 Å². The number of nitro groups is 1. The minimum Gasteiger partial charge on any atom is -0.454 e. The smallest absolute Gasteiger partial charge is 0.271 e. The van der Waals surface area contributed by atoms with Gasteiger partial charge in [-0.05, 0) is 23.8 Å². The van der Waals surface area contributed by atoms with Gasteiger partial charge in [-0.2, -0.15) is 4.99 Å². The molecule has 0 saturated heterocycles. The van der Waals surface area contributed by atoms with Gasteiger partial charge in [0.25, 0.3) is 11.6 Å². The quantitative estimate of drug-likeness (QED) is 0.453. The number of rotatable bonds is 6. The van der Waals surface area contributed by atoms with Gasteiger partial charge in [-0.1, -0.05) is 17.4 Å². The second kappa shape index (κ2) is 8.02. The van der Waals surface area contributed by atoms with Crippen molar-refractivity contribution >= 4 is 33.1 Å². The fourth-order valence-corrected chi connectivity index (χ4v) is 4.08. The number of methoxy groups -OCH3 is 1. The molecule has 0 aliphatic carbocycles. The lowest BCUT2D eigenvalue weighted by molar-refractivity contribution is -0.384. The summed E-state index contributed by atoms with van der Waals surface area (Å²) >= 11 is 1.31. The second-order valence-corrected chi connectivity index (χ2v) is 7.32. The van der Waals surface area contributed by atoms with Crippen LogP contribution in [0.3, 0.4) is 0 Å². The lowest BCUT2D eigenvalue weighted by Gasteiger charge is -2.04. The maximum atomic E-state index is 12.6. The van der Waals surface area contributed by atoms with Crippen LogP contribution in [0.1, 0.15) is 5.56 Å². The number of ether oxygens (including phenoxy) is 3. The van der Waals surface area contributed by atoms with E-state index in [-0.39, 0.29) is 24.8 Å². The lowest BCUT2D eigenvalue weighted by atomic mass is 10.1. The average Bonchev–Trinajstić information content (AvgIpc) is 3.29. The molecule has 1 amide bonds. The third-order valence-corrected chi connectivity index (χ3v) is 5.47. The van der Waals surface area contributed by atoms with Crippen LogP contribution < -0.4 is 14.3 Å². The van der Waals surface area contributed by atoms with E-state index in [0.717, 1.165) is 10.3 Å². The van der Waals surface area contributed by atoms with E-state index in [4.69, 9.17) is 14.2 Å². The summed E-state index contributed by atoms with van der Waals surface area (Å²) in [5.74, 6) is 0.942. The van der Waals surface area contributed by atoms with Gasteiger partial charge in [-0.15, -0.1) is 0 Å². The Morgan fingerprint density at radius 1 is 1.28 bits per heavy atom. The molecular formula is C19H17N3O6S. The first-order valence-electron chi connectivity index (χ1n) is 8.78. The van der Waals surface area contributed by atoms with Crippen molar-refractivity contribution in [3.8, 4) is 11.5 Å². The molecule has 150 valence electrons. The van der Waals surface area contributed by atoms with Gasteiger partial charge in [0.1, 0.15) is 0 Å². The van der Waals surface area contributed by atoms with Gasteiger partial charge < -0.3 is 18.8 Å². The van der Waals surface area contributed by atoms with Crippen LogP contribution in [0.4, 0.5) is 5.69 Å². The number of nitro benzene ring substituents is 1. The predicted octanol–water partition coefficient (Wildman–Crippen LogP) is 2.66. The summed E-state index contributed by atoms with van der Waals surface area (Å²) in [5.41, 5.74) is 1.40.